The smallest absolute Gasteiger partial charge is 0.0594 e. The molecule has 0 radical (unpaired) electrons. The first kappa shape index (κ1) is 8.35. The Hall–Kier alpha value is 0.350. The van der Waals surface area contributed by atoms with E-state index in [4.69, 9.17) is 4.52 Å². The van der Waals surface area contributed by atoms with Gasteiger partial charge in [-0.2, -0.15) is 0 Å². The zero-order chi connectivity index (χ0) is 6.41. The van der Waals surface area contributed by atoms with Crippen LogP contribution in [0.1, 0.15) is 13.3 Å². The highest BCUT2D eigenvalue weighted by Crippen LogP contribution is 1.99. The van der Waals surface area contributed by atoms with E-state index in [1.54, 1.807) is 0 Å². The molecule has 0 saturated carbocycles. The molecule has 0 aliphatic carbocycles. The third kappa shape index (κ3) is 4.51. The lowest BCUT2D eigenvalue weighted by Gasteiger charge is -2.06. The van der Waals surface area contributed by atoms with E-state index < -0.39 is 0 Å². The van der Waals surface area contributed by atoms with Gasteiger partial charge in [0, 0.05) is 9.47 Å². The molecule has 0 amide bonds. The average molecular weight is 135 g/mol. The molecule has 0 spiro atoms. The van der Waals surface area contributed by atoms with Crippen molar-refractivity contribution in [2.24, 2.45) is 0 Å². The molecule has 0 aromatic rings. The highest BCUT2D eigenvalue weighted by Gasteiger charge is 1.94. The molecule has 2 atom stereocenters. The van der Waals surface area contributed by atoms with Crippen molar-refractivity contribution in [2.75, 3.05) is 13.6 Å². The molecule has 0 aromatic carbocycles. The van der Waals surface area contributed by atoms with Gasteiger partial charge in [0.1, 0.15) is 0 Å². The van der Waals surface area contributed by atoms with E-state index in [1.165, 1.54) is 0 Å². The van der Waals surface area contributed by atoms with Crippen molar-refractivity contribution in [3.63, 3.8) is 0 Å². The van der Waals surface area contributed by atoms with Gasteiger partial charge in [-0.25, -0.2) is 0 Å². The largest absolute Gasteiger partial charge is 0.363 e. The highest BCUT2D eigenvalue weighted by molar-refractivity contribution is 7.09. The van der Waals surface area contributed by atoms with Crippen molar-refractivity contribution in [2.45, 2.75) is 19.4 Å². The molecule has 8 heavy (non-hydrogen) atoms. The average Bonchev–Trinajstić information content (AvgIpc) is 1.83. The van der Waals surface area contributed by atoms with Crippen molar-refractivity contribution >= 4 is 9.47 Å². The summed E-state index contributed by atoms with van der Waals surface area (Å²) in [7, 11) is 4.20. The molecule has 0 saturated heterocycles. The van der Waals surface area contributed by atoms with Crippen LogP contribution in [-0.4, -0.2) is 19.7 Å². The quantitative estimate of drug-likeness (QED) is 0.575. The molecule has 0 aromatic heterocycles. The second-order valence-corrected chi connectivity index (χ2v) is 2.11. The molecule has 0 heterocycles. The molecular weight excluding hydrogens is 121 g/mol. The minimum atomic E-state index is 0.354. The number of nitrogens with one attached hydrogen (secondary N) is 1. The molecule has 50 valence electrons. The molecule has 0 fully saturated rings. The van der Waals surface area contributed by atoms with Gasteiger partial charge in [-0.05, 0) is 26.9 Å². The van der Waals surface area contributed by atoms with Crippen molar-refractivity contribution in [1.29, 1.82) is 0 Å². The van der Waals surface area contributed by atoms with E-state index in [-0.39, 0.29) is 0 Å². The first-order chi connectivity index (χ1) is 3.81. The van der Waals surface area contributed by atoms with E-state index in [1.807, 2.05) is 14.0 Å². The van der Waals surface area contributed by atoms with Crippen LogP contribution in [-0.2, 0) is 4.52 Å². The molecule has 0 aliphatic rings. The van der Waals surface area contributed by atoms with E-state index in [0.717, 1.165) is 13.0 Å². The third-order valence-electron chi connectivity index (χ3n) is 1.03. The Kier molecular flexibility index (Phi) is 5.73. The second-order valence-electron chi connectivity index (χ2n) is 1.84. The van der Waals surface area contributed by atoms with Gasteiger partial charge in [-0.3, -0.25) is 0 Å². The first-order valence-corrected chi connectivity index (χ1v) is 3.28. The summed E-state index contributed by atoms with van der Waals surface area (Å²) in [5.41, 5.74) is 0. The van der Waals surface area contributed by atoms with Crippen LogP contribution in [0.2, 0.25) is 0 Å². The monoisotopic (exact) mass is 135 g/mol. The van der Waals surface area contributed by atoms with Gasteiger partial charge in [-0.1, -0.05) is 0 Å². The van der Waals surface area contributed by atoms with Gasteiger partial charge in [0.15, 0.2) is 0 Å². The lowest BCUT2D eigenvalue weighted by Crippen LogP contribution is -2.14. The number of hydrogen-bond donors (Lipinski definition) is 1. The highest BCUT2D eigenvalue weighted by atomic mass is 31.0. The molecule has 0 aliphatic heterocycles. The van der Waals surface area contributed by atoms with Crippen molar-refractivity contribution in [1.82, 2.24) is 5.32 Å². The van der Waals surface area contributed by atoms with Crippen molar-refractivity contribution < 1.29 is 4.52 Å². The van der Waals surface area contributed by atoms with Crippen LogP contribution in [0.3, 0.4) is 0 Å². The Morgan fingerprint density at radius 2 is 2.38 bits per heavy atom. The molecular formula is C5H14NOP. The van der Waals surface area contributed by atoms with Crippen LogP contribution in [0.15, 0.2) is 0 Å². The van der Waals surface area contributed by atoms with Crippen LogP contribution in [0.25, 0.3) is 0 Å². The SMILES string of the molecule is CNCCC(C)OP. The zero-order valence-corrected chi connectivity index (χ0v) is 6.63. The summed E-state index contributed by atoms with van der Waals surface area (Å²) >= 11 is 0. The molecule has 3 heteroatoms. The summed E-state index contributed by atoms with van der Waals surface area (Å²) in [4.78, 5) is 0. The minimum Gasteiger partial charge on any atom is -0.363 e. The topological polar surface area (TPSA) is 21.3 Å². The Morgan fingerprint density at radius 3 is 2.75 bits per heavy atom. The summed E-state index contributed by atoms with van der Waals surface area (Å²) in [5, 5.41) is 3.04. The van der Waals surface area contributed by atoms with E-state index in [0.29, 0.717) is 6.10 Å². The van der Waals surface area contributed by atoms with Crippen LogP contribution < -0.4 is 5.32 Å². The van der Waals surface area contributed by atoms with Gasteiger partial charge in [0.25, 0.3) is 0 Å². The maximum absolute atomic E-state index is 4.93. The minimum absolute atomic E-state index is 0.354. The molecule has 2 nitrogen and oxygen atoms in total. The van der Waals surface area contributed by atoms with Crippen LogP contribution in [0.4, 0.5) is 0 Å². The maximum Gasteiger partial charge on any atom is 0.0594 e. The molecule has 2 unspecified atom stereocenters. The Balaban J connectivity index is 2.86. The van der Waals surface area contributed by atoms with Gasteiger partial charge >= 0.3 is 0 Å². The molecule has 0 rings (SSSR count). The maximum atomic E-state index is 4.93. The lowest BCUT2D eigenvalue weighted by atomic mass is 10.3. The predicted molar refractivity (Wildman–Crippen MR) is 38.8 cm³/mol. The Labute approximate surface area is 53.3 Å². The summed E-state index contributed by atoms with van der Waals surface area (Å²) in [6, 6.07) is 0. The van der Waals surface area contributed by atoms with Crippen LogP contribution >= 0.6 is 9.47 Å². The van der Waals surface area contributed by atoms with Crippen LogP contribution in [0, 0.1) is 0 Å². The molecule has 1 N–H and O–H groups in total. The molecule has 0 bridgehead atoms. The fourth-order valence-corrected chi connectivity index (χ4v) is 0.552. The van der Waals surface area contributed by atoms with Gasteiger partial charge in [0.2, 0.25) is 0 Å². The first-order valence-electron chi connectivity index (χ1n) is 2.81. The normalized spacial score (nSPS) is 13.9. The van der Waals surface area contributed by atoms with Crippen molar-refractivity contribution in [3.05, 3.63) is 0 Å². The van der Waals surface area contributed by atoms with E-state index in [9.17, 15) is 0 Å². The van der Waals surface area contributed by atoms with E-state index >= 15 is 0 Å². The Morgan fingerprint density at radius 1 is 1.75 bits per heavy atom. The van der Waals surface area contributed by atoms with Crippen LogP contribution in [0.5, 0.6) is 0 Å². The predicted octanol–water partition coefficient (Wildman–Crippen LogP) is 0.791. The standard InChI is InChI=1S/C5H14NOP/c1-5(7-8)3-4-6-2/h5-6H,3-4,8H2,1-2H3. The summed E-state index contributed by atoms with van der Waals surface area (Å²) in [5.74, 6) is 0. The number of rotatable bonds is 4. The second kappa shape index (κ2) is 5.49. The fraction of sp³-hybridized carbons (Fsp3) is 1.00. The fourth-order valence-electron chi connectivity index (χ4n) is 0.416. The van der Waals surface area contributed by atoms with E-state index in [2.05, 4.69) is 14.8 Å². The lowest BCUT2D eigenvalue weighted by molar-refractivity contribution is 0.249. The van der Waals surface area contributed by atoms with Gasteiger partial charge in [-0.15, -0.1) is 0 Å². The Bertz CT molecular complexity index is 51.7. The van der Waals surface area contributed by atoms with Gasteiger partial charge in [0.05, 0.1) is 6.10 Å². The van der Waals surface area contributed by atoms with Crippen molar-refractivity contribution in [3.8, 4) is 0 Å². The summed E-state index contributed by atoms with van der Waals surface area (Å²) in [6.45, 7) is 3.07. The number of hydrogen-bond acceptors (Lipinski definition) is 2. The zero-order valence-electron chi connectivity index (χ0n) is 5.48. The summed E-state index contributed by atoms with van der Waals surface area (Å²) in [6.07, 6.45) is 1.42. The third-order valence-corrected chi connectivity index (χ3v) is 1.50. The summed E-state index contributed by atoms with van der Waals surface area (Å²) < 4.78 is 4.93. The van der Waals surface area contributed by atoms with Gasteiger partial charge < -0.3 is 9.84 Å².